The molecular weight excluding hydrogens is 592 g/mol. The third-order valence-corrected chi connectivity index (χ3v) is 8.26. The summed E-state index contributed by atoms with van der Waals surface area (Å²) in [4.78, 5) is 24.6. The van der Waals surface area contributed by atoms with Crippen LogP contribution < -0.4 is 4.74 Å². The summed E-state index contributed by atoms with van der Waals surface area (Å²) < 4.78 is 42.8. The first-order valence-electron chi connectivity index (χ1n) is 14.6. The van der Waals surface area contributed by atoms with Gasteiger partial charge in [-0.25, -0.2) is 19.3 Å². The number of benzene rings is 1. The smallest absolute Gasteiger partial charge is 0.254 e. The van der Waals surface area contributed by atoms with Gasteiger partial charge in [-0.05, 0) is 49.9 Å². The Bertz CT molecular complexity index is 1800. The Morgan fingerprint density at radius 2 is 1.89 bits per heavy atom. The number of ether oxygens (including phenoxy) is 2. The number of fused-ring (bicyclic) bond motifs is 1. The topological polar surface area (TPSA) is 120 Å². The number of hydrogen-bond acceptors (Lipinski definition) is 9. The van der Waals surface area contributed by atoms with Gasteiger partial charge in [-0.2, -0.15) is 14.5 Å². The fourth-order valence-corrected chi connectivity index (χ4v) is 5.70. The highest BCUT2D eigenvalue weighted by Gasteiger charge is 2.27. The van der Waals surface area contributed by atoms with Crippen molar-refractivity contribution in [2.75, 3.05) is 19.7 Å². The van der Waals surface area contributed by atoms with Crippen molar-refractivity contribution in [3.05, 3.63) is 76.4 Å². The Kier molecular flexibility index (Phi) is 7.91. The first kappa shape index (κ1) is 28.7. The van der Waals surface area contributed by atoms with E-state index in [2.05, 4.69) is 39.6 Å². The second-order valence-corrected chi connectivity index (χ2v) is 11.6. The van der Waals surface area contributed by atoms with Gasteiger partial charge >= 0.3 is 0 Å². The normalized spacial score (nSPS) is 17.7. The fraction of sp³-hybridized carbons (Fsp3) is 0.400. The fourth-order valence-electron chi connectivity index (χ4n) is 5.54. The number of nitrogens with zero attached hydrogens (tertiary/aromatic N) is 8. The van der Waals surface area contributed by atoms with Crippen LogP contribution in [0.5, 0.6) is 5.88 Å². The average Bonchev–Trinajstić information content (AvgIpc) is 3.57. The molecule has 7 rings (SSSR count). The first-order chi connectivity index (χ1) is 21.4. The van der Waals surface area contributed by atoms with E-state index in [0.717, 1.165) is 55.0 Å². The molecule has 4 aromatic heterocycles. The van der Waals surface area contributed by atoms with E-state index in [9.17, 15) is 8.78 Å². The average molecular weight is 622 g/mol. The monoisotopic (exact) mass is 621 g/mol. The Hall–Kier alpha value is -4.07. The molecule has 44 heavy (non-hydrogen) atoms. The molecule has 2 saturated heterocycles. The molecular formula is C30H30ClF2N9O2. The molecule has 0 radical (unpaired) electrons. The Labute approximate surface area is 256 Å². The third kappa shape index (κ3) is 6.12. The van der Waals surface area contributed by atoms with Crippen molar-refractivity contribution in [1.29, 1.82) is 0 Å². The van der Waals surface area contributed by atoms with E-state index in [4.69, 9.17) is 26.1 Å². The molecule has 1 N–H and O–H groups in total. The molecule has 0 spiro atoms. The summed E-state index contributed by atoms with van der Waals surface area (Å²) in [6, 6.07) is 6.32. The lowest BCUT2D eigenvalue weighted by atomic mass is 10.1. The lowest BCUT2D eigenvalue weighted by molar-refractivity contribution is -0.0592. The van der Waals surface area contributed by atoms with Crippen LogP contribution >= 0.6 is 11.6 Å². The highest BCUT2D eigenvalue weighted by molar-refractivity contribution is 6.30. The van der Waals surface area contributed by atoms with Crippen molar-refractivity contribution >= 4 is 22.6 Å². The molecule has 1 atom stereocenters. The molecule has 5 aromatic rings. The van der Waals surface area contributed by atoms with Crippen molar-refractivity contribution < 1.29 is 18.3 Å². The predicted molar refractivity (Wildman–Crippen MR) is 157 cm³/mol. The molecule has 2 fully saturated rings. The number of aryl methyl sites for hydroxylation is 1. The van der Waals surface area contributed by atoms with Crippen LogP contribution in [0.1, 0.15) is 42.3 Å². The van der Waals surface area contributed by atoms with Gasteiger partial charge in [-0.1, -0.05) is 17.7 Å². The molecule has 6 heterocycles. The zero-order chi connectivity index (χ0) is 30.2. The number of nitrogens with one attached hydrogen (secondary N) is 1. The van der Waals surface area contributed by atoms with Crippen molar-refractivity contribution in [2.45, 2.75) is 57.9 Å². The summed E-state index contributed by atoms with van der Waals surface area (Å²) in [5.74, 6) is 1.23. The lowest BCUT2D eigenvalue weighted by Gasteiger charge is -2.32. The summed E-state index contributed by atoms with van der Waals surface area (Å²) >= 11 is 5.85. The molecule has 228 valence electrons. The molecule has 1 aromatic carbocycles. The van der Waals surface area contributed by atoms with E-state index in [0.29, 0.717) is 48.0 Å². The number of aromatic nitrogens is 8. The summed E-state index contributed by atoms with van der Waals surface area (Å²) in [6.07, 6.45) is 5.33. The van der Waals surface area contributed by atoms with E-state index in [-0.39, 0.29) is 30.3 Å². The first-order valence-corrected chi connectivity index (χ1v) is 15.0. The van der Waals surface area contributed by atoms with Crippen LogP contribution in [0.4, 0.5) is 8.78 Å². The molecule has 0 bridgehead atoms. The van der Waals surface area contributed by atoms with E-state index < -0.39 is 11.6 Å². The SMILES string of the molecule is Cc1nc(-c2cc3nc(CN4CCC(Oc5nc(Cc6ccc(Cl)cc6F)ncc5F)CC4)n(C[C@@H]4CCO4)c3cn2)n[nH]1. The van der Waals surface area contributed by atoms with E-state index in [1.54, 1.807) is 12.1 Å². The van der Waals surface area contributed by atoms with Crippen LogP contribution in [-0.2, 0) is 24.2 Å². The van der Waals surface area contributed by atoms with Crippen LogP contribution in [0.2, 0.25) is 5.02 Å². The number of likely N-dealkylation sites (tertiary alicyclic amines) is 1. The molecule has 2 aliphatic heterocycles. The molecule has 0 amide bonds. The van der Waals surface area contributed by atoms with Crippen molar-refractivity contribution in [3.8, 4) is 17.4 Å². The second kappa shape index (κ2) is 12.1. The maximum Gasteiger partial charge on any atom is 0.254 e. The van der Waals surface area contributed by atoms with Crippen molar-refractivity contribution in [2.24, 2.45) is 0 Å². The van der Waals surface area contributed by atoms with Crippen molar-refractivity contribution in [3.63, 3.8) is 0 Å². The van der Waals surface area contributed by atoms with Crippen LogP contribution in [-0.4, -0.2) is 76.5 Å². The van der Waals surface area contributed by atoms with Crippen LogP contribution in [0.15, 0.2) is 36.7 Å². The van der Waals surface area contributed by atoms with Gasteiger partial charge in [0.25, 0.3) is 5.88 Å². The Balaban J connectivity index is 1.02. The van der Waals surface area contributed by atoms with Gasteiger partial charge in [0.1, 0.15) is 35.1 Å². The van der Waals surface area contributed by atoms with Gasteiger partial charge < -0.3 is 14.0 Å². The van der Waals surface area contributed by atoms with Crippen molar-refractivity contribution in [1.82, 2.24) is 44.6 Å². The minimum atomic E-state index is -0.645. The van der Waals surface area contributed by atoms with Gasteiger partial charge in [0, 0.05) is 31.1 Å². The van der Waals surface area contributed by atoms with Crippen LogP contribution in [0.25, 0.3) is 22.6 Å². The maximum atomic E-state index is 14.6. The van der Waals surface area contributed by atoms with E-state index in [1.165, 1.54) is 6.07 Å². The van der Waals surface area contributed by atoms with Gasteiger partial charge in [-0.15, -0.1) is 0 Å². The Morgan fingerprint density at radius 3 is 2.61 bits per heavy atom. The van der Waals surface area contributed by atoms with E-state index >= 15 is 0 Å². The lowest BCUT2D eigenvalue weighted by Crippen LogP contribution is -2.39. The second-order valence-electron chi connectivity index (χ2n) is 11.2. The Morgan fingerprint density at radius 1 is 1.05 bits per heavy atom. The maximum absolute atomic E-state index is 14.6. The quantitative estimate of drug-likeness (QED) is 0.250. The number of imidazole rings is 1. The highest BCUT2D eigenvalue weighted by Crippen LogP contribution is 2.26. The standard InChI is InChI=1S/C30H30ClF2N9O2/c1-17-36-29(40-39-17)25-12-24-26(14-34-25)42(15-21-6-9-43-21)28(37-24)16-41-7-4-20(5-8-41)44-30-23(33)13-35-27(38-30)10-18-2-3-19(31)11-22(18)32/h2-3,11-14,20-21H,4-10,15-16H2,1H3,(H,36,39,40)/t21-/m0/s1. The summed E-state index contributed by atoms with van der Waals surface area (Å²) in [7, 11) is 0. The van der Waals surface area contributed by atoms with E-state index in [1.807, 2.05) is 19.2 Å². The molecule has 14 heteroatoms. The largest absolute Gasteiger partial charge is 0.472 e. The minimum Gasteiger partial charge on any atom is -0.472 e. The third-order valence-electron chi connectivity index (χ3n) is 8.02. The number of aromatic amines is 1. The molecule has 2 aliphatic rings. The molecule has 0 aliphatic carbocycles. The van der Waals surface area contributed by atoms with Gasteiger partial charge in [0.15, 0.2) is 5.82 Å². The molecule has 0 saturated carbocycles. The number of H-pyrrole nitrogens is 1. The number of pyridine rings is 1. The van der Waals surface area contributed by atoms with Crippen LogP contribution in [0, 0.1) is 18.6 Å². The van der Waals surface area contributed by atoms with Gasteiger partial charge in [-0.3, -0.25) is 15.0 Å². The minimum absolute atomic E-state index is 0.0971. The summed E-state index contributed by atoms with van der Waals surface area (Å²) in [6.45, 7) is 5.45. The van der Waals surface area contributed by atoms with Gasteiger partial charge in [0.05, 0.1) is 42.6 Å². The zero-order valence-corrected chi connectivity index (χ0v) is 24.8. The highest BCUT2D eigenvalue weighted by atomic mass is 35.5. The predicted octanol–water partition coefficient (Wildman–Crippen LogP) is 4.67. The number of rotatable bonds is 9. The molecule has 0 unspecified atom stereocenters. The molecule has 11 nitrogen and oxygen atoms in total. The number of piperidine rings is 1. The summed E-state index contributed by atoms with van der Waals surface area (Å²) in [5, 5.41) is 7.40. The number of hydrogen-bond donors (Lipinski definition) is 1. The van der Waals surface area contributed by atoms with Crippen LogP contribution in [0.3, 0.4) is 0 Å². The zero-order valence-electron chi connectivity index (χ0n) is 24.0. The summed E-state index contributed by atoms with van der Waals surface area (Å²) in [5.41, 5.74) is 2.81. The number of halogens is 3. The van der Waals surface area contributed by atoms with Gasteiger partial charge in [0.2, 0.25) is 5.82 Å².